The summed E-state index contributed by atoms with van der Waals surface area (Å²) < 4.78 is 26.9. The van der Waals surface area contributed by atoms with E-state index >= 15 is 0 Å². The highest BCUT2D eigenvalue weighted by molar-refractivity contribution is 7.92. The first-order valence-corrected chi connectivity index (χ1v) is 14.2. The molecule has 0 aliphatic rings. The van der Waals surface area contributed by atoms with Gasteiger partial charge in [0.15, 0.2) is 0 Å². The van der Waals surface area contributed by atoms with Crippen LogP contribution in [0.2, 0.25) is 0 Å². The molecule has 0 heterocycles. The first-order chi connectivity index (χ1) is 17.6. The van der Waals surface area contributed by atoms with Crippen LogP contribution >= 0.6 is 0 Å². The third-order valence-electron chi connectivity index (χ3n) is 6.34. The van der Waals surface area contributed by atoms with Crippen molar-refractivity contribution in [3.63, 3.8) is 0 Å². The number of sulfonamides is 1. The number of carbonyl (C=O) groups is 2. The number of likely N-dealkylation sites (N-methyl/N-ethyl adjacent to an activating group) is 1. The fourth-order valence-electron chi connectivity index (χ4n) is 4.23. The van der Waals surface area contributed by atoms with Crippen LogP contribution in [0.4, 0.5) is 5.69 Å². The monoisotopic (exact) mass is 521 g/mol. The molecule has 0 saturated heterocycles. The second kappa shape index (κ2) is 12.5. The van der Waals surface area contributed by atoms with Crippen molar-refractivity contribution in [2.75, 3.05) is 23.7 Å². The van der Waals surface area contributed by atoms with Crippen LogP contribution in [0.3, 0.4) is 0 Å². The summed E-state index contributed by atoms with van der Waals surface area (Å²) in [5, 5.41) is 2.85. The van der Waals surface area contributed by atoms with Crippen LogP contribution in [0.15, 0.2) is 78.9 Å². The van der Waals surface area contributed by atoms with Gasteiger partial charge in [-0.15, -0.1) is 0 Å². The maximum absolute atomic E-state index is 14.0. The number of aryl methyl sites for hydroxylation is 1. The van der Waals surface area contributed by atoms with Crippen LogP contribution < -0.4 is 9.62 Å². The van der Waals surface area contributed by atoms with E-state index < -0.39 is 28.5 Å². The zero-order valence-corrected chi connectivity index (χ0v) is 22.7. The van der Waals surface area contributed by atoms with Gasteiger partial charge in [0.05, 0.1) is 11.9 Å². The molecule has 196 valence electrons. The van der Waals surface area contributed by atoms with Gasteiger partial charge < -0.3 is 10.2 Å². The van der Waals surface area contributed by atoms with E-state index in [4.69, 9.17) is 0 Å². The zero-order chi connectivity index (χ0) is 27.0. The molecule has 3 rings (SSSR count). The number of anilines is 1. The molecule has 1 N–H and O–H groups in total. The lowest BCUT2D eigenvalue weighted by molar-refractivity contribution is -0.140. The SMILES string of the molecule is CCNC(=O)[C@@H](Cc1ccccc1)N(Cc1ccccc1)C(=O)CN(c1cccc(C)c1C)S(C)(=O)=O. The average molecular weight is 522 g/mol. The Balaban J connectivity index is 2.05. The second-order valence-electron chi connectivity index (χ2n) is 9.10. The van der Waals surface area contributed by atoms with Gasteiger partial charge in [0, 0.05) is 19.5 Å². The molecule has 7 nitrogen and oxygen atoms in total. The van der Waals surface area contributed by atoms with Crippen LogP contribution in [-0.2, 0) is 32.6 Å². The van der Waals surface area contributed by atoms with Gasteiger partial charge in [0.2, 0.25) is 21.8 Å². The van der Waals surface area contributed by atoms with Gasteiger partial charge in [0.1, 0.15) is 12.6 Å². The van der Waals surface area contributed by atoms with Crippen molar-refractivity contribution >= 4 is 27.5 Å². The van der Waals surface area contributed by atoms with Gasteiger partial charge in [-0.2, -0.15) is 0 Å². The molecular weight excluding hydrogens is 486 g/mol. The maximum Gasteiger partial charge on any atom is 0.244 e. The van der Waals surface area contributed by atoms with Gasteiger partial charge in [-0.25, -0.2) is 8.42 Å². The number of amides is 2. The molecule has 2 amide bonds. The van der Waals surface area contributed by atoms with Crippen molar-refractivity contribution in [1.29, 1.82) is 0 Å². The number of carbonyl (C=O) groups excluding carboxylic acids is 2. The highest BCUT2D eigenvalue weighted by Crippen LogP contribution is 2.26. The van der Waals surface area contributed by atoms with E-state index in [0.717, 1.165) is 32.8 Å². The highest BCUT2D eigenvalue weighted by Gasteiger charge is 2.33. The van der Waals surface area contributed by atoms with E-state index in [1.807, 2.05) is 87.5 Å². The minimum Gasteiger partial charge on any atom is -0.355 e. The molecule has 1 atom stereocenters. The largest absolute Gasteiger partial charge is 0.355 e. The van der Waals surface area contributed by atoms with Gasteiger partial charge in [-0.1, -0.05) is 72.8 Å². The Bertz CT molecular complexity index is 1310. The average Bonchev–Trinajstić information content (AvgIpc) is 2.87. The number of hydrogen-bond donors (Lipinski definition) is 1. The Labute approximate surface area is 220 Å². The Morgan fingerprint density at radius 1 is 0.865 bits per heavy atom. The minimum absolute atomic E-state index is 0.165. The van der Waals surface area contributed by atoms with Crippen LogP contribution in [0.5, 0.6) is 0 Å². The van der Waals surface area contributed by atoms with E-state index in [0.29, 0.717) is 18.7 Å². The lowest BCUT2D eigenvalue weighted by Crippen LogP contribution is -2.53. The number of nitrogens with one attached hydrogen (secondary N) is 1. The molecule has 8 heteroatoms. The molecule has 0 aliphatic carbocycles. The van der Waals surface area contributed by atoms with E-state index in [9.17, 15) is 18.0 Å². The molecule has 0 saturated carbocycles. The Kier molecular flexibility index (Phi) is 9.47. The van der Waals surface area contributed by atoms with Crippen LogP contribution in [0, 0.1) is 13.8 Å². The molecule has 0 unspecified atom stereocenters. The van der Waals surface area contributed by atoms with E-state index in [1.165, 1.54) is 4.90 Å². The number of hydrogen-bond acceptors (Lipinski definition) is 4. The molecule has 0 aromatic heterocycles. The molecule has 0 spiro atoms. The van der Waals surface area contributed by atoms with Gasteiger partial charge in [-0.3, -0.25) is 13.9 Å². The molecule has 0 bridgehead atoms. The first-order valence-electron chi connectivity index (χ1n) is 12.3. The lowest BCUT2D eigenvalue weighted by Gasteiger charge is -2.33. The van der Waals surface area contributed by atoms with Crippen LogP contribution in [0.1, 0.15) is 29.2 Å². The molecule has 37 heavy (non-hydrogen) atoms. The molecule has 3 aromatic rings. The van der Waals surface area contributed by atoms with Gasteiger partial charge >= 0.3 is 0 Å². The minimum atomic E-state index is -3.79. The van der Waals surface area contributed by atoms with Crippen molar-refractivity contribution in [1.82, 2.24) is 10.2 Å². The van der Waals surface area contributed by atoms with Gasteiger partial charge in [0.25, 0.3) is 0 Å². The summed E-state index contributed by atoms with van der Waals surface area (Å²) in [6, 6.07) is 23.4. The van der Waals surface area contributed by atoms with E-state index in [-0.39, 0.29) is 12.5 Å². The molecular formula is C29H35N3O4S. The Hall–Kier alpha value is -3.65. The zero-order valence-electron chi connectivity index (χ0n) is 21.8. The highest BCUT2D eigenvalue weighted by atomic mass is 32.2. The van der Waals surface area contributed by atoms with Crippen molar-refractivity contribution in [2.45, 2.75) is 39.8 Å². The van der Waals surface area contributed by atoms with Crippen molar-refractivity contribution in [3.05, 3.63) is 101 Å². The smallest absolute Gasteiger partial charge is 0.244 e. The summed E-state index contributed by atoms with van der Waals surface area (Å²) in [6.45, 7) is 5.72. The molecule has 3 aromatic carbocycles. The van der Waals surface area contributed by atoms with Crippen molar-refractivity contribution in [3.8, 4) is 0 Å². The summed E-state index contributed by atoms with van der Waals surface area (Å²) in [5.74, 6) is -0.740. The third-order valence-corrected chi connectivity index (χ3v) is 7.47. The fourth-order valence-corrected chi connectivity index (χ4v) is 5.13. The Morgan fingerprint density at radius 2 is 1.46 bits per heavy atom. The van der Waals surface area contributed by atoms with Crippen LogP contribution in [-0.4, -0.2) is 50.5 Å². The summed E-state index contributed by atoms with van der Waals surface area (Å²) in [4.78, 5) is 28.7. The first kappa shape index (κ1) is 27.9. The maximum atomic E-state index is 14.0. The third kappa shape index (κ3) is 7.43. The topological polar surface area (TPSA) is 86.8 Å². The van der Waals surface area contributed by atoms with Crippen molar-refractivity contribution < 1.29 is 18.0 Å². The summed E-state index contributed by atoms with van der Waals surface area (Å²) in [5.41, 5.74) is 3.90. The molecule has 0 aliphatic heterocycles. The van der Waals surface area contributed by atoms with Crippen molar-refractivity contribution in [2.24, 2.45) is 0 Å². The molecule has 0 radical (unpaired) electrons. The second-order valence-corrected chi connectivity index (χ2v) is 11.0. The quantitative estimate of drug-likeness (QED) is 0.415. The molecule has 0 fully saturated rings. The summed E-state index contributed by atoms with van der Waals surface area (Å²) in [7, 11) is -3.79. The number of rotatable bonds is 11. The normalized spacial score (nSPS) is 12.0. The summed E-state index contributed by atoms with van der Waals surface area (Å²) >= 11 is 0. The number of benzene rings is 3. The summed E-state index contributed by atoms with van der Waals surface area (Å²) in [6.07, 6.45) is 1.39. The lowest BCUT2D eigenvalue weighted by atomic mass is 10.0. The predicted molar refractivity (Wildman–Crippen MR) is 148 cm³/mol. The van der Waals surface area contributed by atoms with E-state index in [2.05, 4.69) is 5.32 Å². The fraction of sp³-hybridized carbons (Fsp3) is 0.310. The van der Waals surface area contributed by atoms with Crippen LogP contribution in [0.25, 0.3) is 0 Å². The van der Waals surface area contributed by atoms with Gasteiger partial charge in [-0.05, 0) is 49.1 Å². The predicted octanol–water partition coefficient (Wildman–Crippen LogP) is 3.85. The Morgan fingerprint density at radius 3 is 2.03 bits per heavy atom. The van der Waals surface area contributed by atoms with E-state index in [1.54, 1.807) is 12.1 Å². The number of nitrogens with zero attached hydrogens (tertiary/aromatic N) is 2. The standard InChI is InChI=1S/C29H35N3O4S/c1-5-30-29(34)27(19-24-14-8-6-9-15-24)31(20-25-16-10-7-11-17-25)28(33)21-32(37(4,35)36)26-18-12-13-22(2)23(26)3/h6-18,27H,5,19-21H2,1-4H3,(H,30,34)/t27-/m1/s1.